The van der Waals surface area contributed by atoms with E-state index in [2.05, 4.69) is 45.9 Å². The number of halogens is 1. The number of hydrogen-bond donors (Lipinski definition) is 1. The fourth-order valence-corrected chi connectivity index (χ4v) is 5.23. The molecule has 2 aromatic rings. The predicted molar refractivity (Wildman–Crippen MR) is 108 cm³/mol. The van der Waals surface area contributed by atoms with E-state index in [0.717, 1.165) is 25.8 Å². The first-order chi connectivity index (χ1) is 13.2. The van der Waals surface area contributed by atoms with E-state index in [-0.39, 0.29) is 28.4 Å². The zero-order valence-corrected chi connectivity index (χ0v) is 16.9. The van der Waals surface area contributed by atoms with Gasteiger partial charge in [0.25, 0.3) is 0 Å². The summed E-state index contributed by atoms with van der Waals surface area (Å²) in [5, 5.41) is 15.4. The van der Waals surface area contributed by atoms with E-state index < -0.39 is 4.92 Å². The van der Waals surface area contributed by atoms with Gasteiger partial charge in [0.2, 0.25) is 11.6 Å². The molecule has 0 amide bonds. The highest BCUT2D eigenvalue weighted by Gasteiger charge is 2.51. The van der Waals surface area contributed by atoms with E-state index in [1.54, 1.807) is 12.1 Å². The summed E-state index contributed by atoms with van der Waals surface area (Å²) in [7, 11) is 0. The lowest BCUT2D eigenvalue weighted by Crippen LogP contribution is -2.35. The molecule has 2 aromatic heterocycles. The summed E-state index contributed by atoms with van der Waals surface area (Å²) in [6.07, 6.45) is 5.97. The lowest BCUT2D eigenvalue weighted by Gasteiger charge is -2.39. The lowest BCUT2D eigenvalue weighted by molar-refractivity contribution is -0.383. The SMILES string of the molecule is CC1(C)CC2CC(C)(CN2c2ncnc(Nc3ccc(Cl)cn3)c2[N+](=O)[O-])C1. The van der Waals surface area contributed by atoms with Crippen LogP contribution >= 0.6 is 11.6 Å². The summed E-state index contributed by atoms with van der Waals surface area (Å²) in [4.78, 5) is 26.2. The molecule has 2 unspecified atom stereocenters. The highest BCUT2D eigenvalue weighted by Crippen LogP contribution is 2.54. The molecule has 2 bridgehead atoms. The van der Waals surface area contributed by atoms with Crippen molar-refractivity contribution in [3.63, 3.8) is 0 Å². The second-order valence-electron chi connectivity index (χ2n) is 8.98. The second kappa shape index (κ2) is 6.55. The smallest absolute Gasteiger partial charge is 0.347 e. The van der Waals surface area contributed by atoms with Gasteiger partial charge < -0.3 is 10.2 Å². The standard InChI is InChI=1S/C19H23ClN6O2/c1-18(2)6-13-7-19(3,9-18)10-25(13)17-15(26(27)28)16(22-11-23-17)24-14-5-4-12(20)8-21-14/h4-5,8,11,13H,6-7,9-10H2,1-3H3,(H,21,22,23,24). The van der Waals surface area contributed by atoms with Crippen molar-refractivity contribution in [2.75, 3.05) is 16.8 Å². The van der Waals surface area contributed by atoms with Crippen LogP contribution in [-0.2, 0) is 0 Å². The summed E-state index contributed by atoms with van der Waals surface area (Å²) in [6.45, 7) is 7.57. The minimum atomic E-state index is -0.413. The highest BCUT2D eigenvalue weighted by molar-refractivity contribution is 6.30. The first-order valence-electron chi connectivity index (χ1n) is 9.30. The Hall–Kier alpha value is -2.48. The predicted octanol–water partition coefficient (Wildman–Crippen LogP) is 4.58. The molecular formula is C19H23ClN6O2. The van der Waals surface area contributed by atoms with Crippen LogP contribution in [0.15, 0.2) is 24.7 Å². The minimum absolute atomic E-state index is 0.117. The third-order valence-electron chi connectivity index (χ3n) is 5.65. The normalized spacial score (nSPS) is 25.6. The first-order valence-corrected chi connectivity index (χ1v) is 9.68. The van der Waals surface area contributed by atoms with Crippen molar-refractivity contribution in [2.24, 2.45) is 10.8 Å². The molecular weight excluding hydrogens is 380 g/mol. The van der Waals surface area contributed by atoms with Crippen LogP contribution in [0, 0.1) is 20.9 Å². The Morgan fingerprint density at radius 3 is 2.71 bits per heavy atom. The topological polar surface area (TPSA) is 97.1 Å². The summed E-state index contributed by atoms with van der Waals surface area (Å²) in [5.74, 6) is 0.948. The number of anilines is 3. The summed E-state index contributed by atoms with van der Waals surface area (Å²) in [5.41, 5.74) is 0.229. The third kappa shape index (κ3) is 3.48. The van der Waals surface area contributed by atoms with Gasteiger partial charge in [0.05, 0.1) is 9.95 Å². The molecule has 4 rings (SSSR count). The average molecular weight is 403 g/mol. The minimum Gasteiger partial charge on any atom is -0.347 e. The number of nitro groups is 1. The highest BCUT2D eigenvalue weighted by atomic mass is 35.5. The van der Waals surface area contributed by atoms with Gasteiger partial charge in [-0.05, 0) is 42.2 Å². The summed E-state index contributed by atoms with van der Waals surface area (Å²) < 4.78 is 0. The molecule has 0 radical (unpaired) electrons. The summed E-state index contributed by atoms with van der Waals surface area (Å²) in [6, 6.07) is 3.56. The van der Waals surface area contributed by atoms with Crippen molar-refractivity contribution in [3.05, 3.63) is 39.8 Å². The maximum absolute atomic E-state index is 12.0. The Kier molecular flexibility index (Phi) is 4.41. The third-order valence-corrected chi connectivity index (χ3v) is 5.87. The van der Waals surface area contributed by atoms with Crippen molar-refractivity contribution < 1.29 is 4.92 Å². The van der Waals surface area contributed by atoms with Crippen molar-refractivity contribution in [1.29, 1.82) is 0 Å². The molecule has 3 heterocycles. The monoisotopic (exact) mass is 402 g/mol. The number of hydrogen-bond acceptors (Lipinski definition) is 7. The van der Waals surface area contributed by atoms with Crippen LogP contribution in [0.25, 0.3) is 0 Å². The van der Waals surface area contributed by atoms with Gasteiger partial charge in [0.1, 0.15) is 12.1 Å². The van der Waals surface area contributed by atoms with Crippen LogP contribution in [0.5, 0.6) is 0 Å². The molecule has 2 atom stereocenters. The van der Waals surface area contributed by atoms with Crippen LogP contribution in [0.3, 0.4) is 0 Å². The van der Waals surface area contributed by atoms with Crippen LogP contribution in [0.2, 0.25) is 5.02 Å². The van der Waals surface area contributed by atoms with E-state index in [4.69, 9.17) is 11.6 Å². The average Bonchev–Trinajstić information content (AvgIpc) is 2.85. The number of fused-ring (bicyclic) bond motifs is 2. The largest absolute Gasteiger partial charge is 0.353 e. The van der Waals surface area contributed by atoms with E-state index in [9.17, 15) is 10.1 Å². The van der Waals surface area contributed by atoms with Gasteiger partial charge in [-0.25, -0.2) is 15.0 Å². The molecule has 2 fully saturated rings. The fourth-order valence-electron chi connectivity index (χ4n) is 5.12. The Balaban J connectivity index is 1.72. The molecule has 1 saturated heterocycles. The molecule has 0 aromatic carbocycles. The zero-order valence-electron chi connectivity index (χ0n) is 16.1. The molecule has 1 N–H and O–H groups in total. The van der Waals surface area contributed by atoms with E-state index in [1.807, 2.05) is 0 Å². The van der Waals surface area contributed by atoms with Gasteiger partial charge >= 0.3 is 5.69 Å². The second-order valence-corrected chi connectivity index (χ2v) is 9.42. The molecule has 148 valence electrons. The van der Waals surface area contributed by atoms with Crippen molar-refractivity contribution in [3.8, 4) is 0 Å². The number of rotatable bonds is 4. The molecule has 1 aliphatic carbocycles. The van der Waals surface area contributed by atoms with Gasteiger partial charge in [-0.3, -0.25) is 10.1 Å². The number of pyridine rings is 1. The fraction of sp³-hybridized carbons (Fsp3) is 0.526. The number of aromatic nitrogens is 3. The Morgan fingerprint density at radius 1 is 1.25 bits per heavy atom. The van der Waals surface area contributed by atoms with Gasteiger partial charge in [0.15, 0.2) is 0 Å². The van der Waals surface area contributed by atoms with Gasteiger partial charge in [0, 0.05) is 18.8 Å². The van der Waals surface area contributed by atoms with Crippen molar-refractivity contribution in [1.82, 2.24) is 15.0 Å². The van der Waals surface area contributed by atoms with Gasteiger partial charge in [-0.2, -0.15) is 0 Å². The zero-order chi connectivity index (χ0) is 20.1. The molecule has 9 heteroatoms. The lowest BCUT2D eigenvalue weighted by atomic mass is 9.65. The summed E-state index contributed by atoms with van der Waals surface area (Å²) >= 11 is 5.86. The Labute approximate surface area is 168 Å². The molecule has 2 aliphatic rings. The van der Waals surface area contributed by atoms with Crippen LogP contribution < -0.4 is 10.2 Å². The van der Waals surface area contributed by atoms with E-state index >= 15 is 0 Å². The number of nitrogens with zero attached hydrogens (tertiary/aromatic N) is 5. The molecule has 1 saturated carbocycles. The van der Waals surface area contributed by atoms with Crippen LogP contribution in [0.1, 0.15) is 40.0 Å². The van der Waals surface area contributed by atoms with Crippen LogP contribution in [-0.4, -0.2) is 32.5 Å². The molecule has 8 nitrogen and oxygen atoms in total. The van der Waals surface area contributed by atoms with E-state index in [0.29, 0.717) is 16.7 Å². The maximum atomic E-state index is 12.0. The first kappa shape index (κ1) is 18.9. The molecule has 0 spiro atoms. The van der Waals surface area contributed by atoms with Crippen molar-refractivity contribution in [2.45, 2.75) is 46.1 Å². The quantitative estimate of drug-likeness (QED) is 0.590. The Bertz CT molecular complexity index is 919. The van der Waals surface area contributed by atoms with Crippen LogP contribution in [0.4, 0.5) is 23.1 Å². The van der Waals surface area contributed by atoms with Gasteiger partial charge in [-0.1, -0.05) is 32.4 Å². The molecule has 1 aliphatic heterocycles. The van der Waals surface area contributed by atoms with Gasteiger partial charge in [-0.15, -0.1) is 0 Å². The Morgan fingerprint density at radius 2 is 2.04 bits per heavy atom. The maximum Gasteiger partial charge on any atom is 0.353 e. The molecule has 28 heavy (non-hydrogen) atoms. The van der Waals surface area contributed by atoms with Crippen molar-refractivity contribution >= 4 is 34.7 Å². The number of nitrogens with one attached hydrogen (secondary N) is 1. The van der Waals surface area contributed by atoms with E-state index in [1.165, 1.54) is 12.5 Å².